The molecule has 0 bridgehead atoms. The van der Waals surface area contributed by atoms with Gasteiger partial charge in [0.25, 0.3) is 0 Å². The summed E-state index contributed by atoms with van der Waals surface area (Å²) in [6.45, 7) is 0.693. The first-order valence-electron chi connectivity index (χ1n) is 5.76. The molecule has 0 rings (SSSR count). The fourth-order valence-electron chi connectivity index (χ4n) is 1.08. The maximum Gasteiger partial charge on any atom is 0.0556 e. The Morgan fingerprint density at radius 2 is 0.857 bits per heavy atom. The normalized spacial score (nSPS) is 9.33. The number of hydrogen-bond acceptors (Lipinski definition) is 8. The van der Waals surface area contributed by atoms with E-state index in [0.29, 0.717) is 13.1 Å². The molecule has 0 aliphatic rings. The van der Waals surface area contributed by atoms with Crippen LogP contribution in [0.5, 0.6) is 0 Å². The molecule has 0 aromatic rings. The average molecular weight is 350 g/mol. The van der Waals surface area contributed by atoms with Gasteiger partial charge in [-0.25, -0.2) is 0 Å². The van der Waals surface area contributed by atoms with E-state index in [0.717, 1.165) is 0 Å². The SMILES string of the molecule is O=[C-]CN(C[C-]=O)CCO.O=[C-]CN(C[C-]=O)CCO.[Cu]. The quantitative estimate of drug-likeness (QED) is 0.283. The second-order valence-electron chi connectivity index (χ2n) is 3.45. The Morgan fingerprint density at radius 3 is 1.00 bits per heavy atom. The molecule has 0 aliphatic carbocycles. The average Bonchev–Trinajstić information content (AvgIpc) is 2.41. The monoisotopic (exact) mass is 349 g/mol. The predicted octanol–water partition coefficient (Wildman–Crippen LogP) is -3.00. The number of hydrogen-bond donors (Lipinski definition) is 2. The van der Waals surface area contributed by atoms with Gasteiger partial charge in [0, 0.05) is 30.2 Å². The molecule has 1 radical (unpaired) electrons. The molecule has 0 aromatic carbocycles. The molecule has 9 heteroatoms. The molecular formula is C12H18CuN2O6-4. The summed E-state index contributed by atoms with van der Waals surface area (Å²) in [5.74, 6) is 0. The summed E-state index contributed by atoms with van der Waals surface area (Å²) in [5, 5.41) is 16.8. The number of aliphatic hydroxyl groups excluding tert-OH is 2. The Bertz CT molecular complexity index is 222. The van der Waals surface area contributed by atoms with Crippen LogP contribution in [0.3, 0.4) is 0 Å². The van der Waals surface area contributed by atoms with Gasteiger partial charge in [-0.3, -0.25) is 25.1 Å². The van der Waals surface area contributed by atoms with Gasteiger partial charge < -0.3 is 39.2 Å². The molecule has 2 N–H and O–H groups in total. The Balaban J connectivity index is -0.000000295. The topological polar surface area (TPSA) is 115 Å². The second kappa shape index (κ2) is 21.3. The summed E-state index contributed by atoms with van der Waals surface area (Å²) < 4.78 is 0. The molecule has 0 fully saturated rings. The van der Waals surface area contributed by atoms with Crippen LogP contribution >= 0.6 is 0 Å². The largest absolute Gasteiger partial charge is 0.541 e. The third-order valence-electron chi connectivity index (χ3n) is 1.99. The molecule has 0 saturated heterocycles. The van der Waals surface area contributed by atoms with Crippen molar-refractivity contribution in [1.82, 2.24) is 9.80 Å². The van der Waals surface area contributed by atoms with Crippen molar-refractivity contribution in [1.29, 1.82) is 0 Å². The van der Waals surface area contributed by atoms with Gasteiger partial charge in [0.2, 0.25) is 0 Å². The van der Waals surface area contributed by atoms with Gasteiger partial charge in [0.1, 0.15) is 0 Å². The zero-order chi connectivity index (χ0) is 15.6. The van der Waals surface area contributed by atoms with E-state index in [4.69, 9.17) is 10.2 Å². The summed E-state index contributed by atoms with van der Waals surface area (Å²) in [7, 11) is 0. The maximum atomic E-state index is 9.79. The summed E-state index contributed by atoms with van der Waals surface area (Å²) in [6.07, 6.45) is 6.49. The Morgan fingerprint density at radius 1 is 0.619 bits per heavy atom. The molecule has 0 atom stereocenters. The van der Waals surface area contributed by atoms with Crippen LogP contribution in [-0.2, 0) is 36.2 Å². The first-order chi connectivity index (χ1) is 9.69. The van der Waals surface area contributed by atoms with Gasteiger partial charge in [-0.2, -0.15) is 0 Å². The molecular weight excluding hydrogens is 332 g/mol. The molecule has 0 saturated carbocycles. The molecule has 127 valence electrons. The van der Waals surface area contributed by atoms with Crippen molar-refractivity contribution in [2.24, 2.45) is 0 Å². The van der Waals surface area contributed by atoms with E-state index >= 15 is 0 Å². The van der Waals surface area contributed by atoms with E-state index in [2.05, 4.69) is 0 Å². The van der Waals surface area contributed by atoms with E-state index < -0.39 is 0 Å². The second-order valence-corrected chi connectivity index (χ2v) is 3.45. The Kier molecular flexibility index (Phi) is 25.4. The fourth-order valence-corrected chi connectivity index (χ4v) is 1.08. The van der Waals surface area contributed by atoms with E-state index in [9.17, 15) is 19.2 Å². The van der Waals surface area contributed by atoms with Gasteiger partial charge in [-0.05, 0) is 0 Å². The molecule has 21 heavy (non-hydrogen) atoms. The number of rotatable bonds is 12. The molecule has 0 aromatic heterocycles. The van der Waals surface area contributed by atoms with Crippen LogP contribution < -0.4 is 0 Å². The minimum atomic E-state index is -0.0661. The molecule has 0 spiro atoms. The standard InChI is InChI=1S/2C6H9NO3.Cu/c2*8-4-1-7(2-5-9)3-6-10;/h2*8H,1-4H2;/q2*-2;. The minimum Gasteiger partial charge on any atom is -0.541 e. The van der Waals surface area contributed by atoms with Gasteiger partial charge in [0.15, 0.2) is 0 Å². The summed E-state index contributed by atoms with van der Waals surface area (Å²) in [4.78, 5) is 42.0. The van der Waals surface area contributed by atoms with Crippen molar-refractivity contribution in [3.8, 4) is 0 Å². The van der Waals surface area contributed by atoms with Crippen LogP contribution in [0, 0.1) is 0 Å². The van der Waals surface area contributed by atoms with E-state index in [1.165, 1.54) is 9.80 Å². The van der Waals surface area contributed by atoms with Crippen LogP contribution in [0.1, 0.15) is 0 Å². The molecule has 0 unspecified atom stereocenters. The fraction of sp³-hybridized carbons (Fsp3) is 0.667. The van der Waals surface area contributed by atoms with Gasteiger partial charge in [-0.15, -0.1) is 26.2 Å². The van der Waals surface area contributed by atoms with Crippen molar-refractivity contribution in [2.75, 3.05) is 52.5 Å². The molecule has 8 nitrogen and oxygen atoms in total. The maximum absolute atomic E-state index is 9.79. The van der Waals surface area contributed by atoms with Crippen molar-refractivity contribution in [2.45, 2.75) is 0 Å². The first kappa shape index (κ1) is 25.0. The van der Waals surface area contributed by atoms with Crippen LogP contribution in [0.25, 0.3) is 0 Å². The molecule has 0 heterocycles. The third kappa shape index (κ3) is 19.0. The Hall–Kier alpha value is -0.961. The predicted molar refractivity (Wildman–Crippen MR) is 69.8 cm³/mol. The summed E-state index contributed by atoms with van der Waals surface area (Å²) in [6, 6.07) is 0. The van der Waals surface area contributed by atoms with Crippen molar-refractivity contribution >= 4 is 25.1 Å². The molecule has 0 amide bonds. The zero-order valence-electron chi connectivity index (χ0n) is 11.4. The third-order valence-corrected chi connectivity index (χ3v) is 1.99. The van der Waals surface area contributed by atoms with E-state index in [1.54, 1.807) is 25.1 Å². The van der Waals surface area contributed by atoms with Gasteiger partial charge >= 0.3 is 0 Å². The van der Waals surface area contributed by atoms with E-state index in [1.807, 2.05) is 0 Å². The number of nitrogens with zero attached hydrogens (tertiary/aromatic N) is 2. The summed E-state index contributed by atoms with van der Waals surface area (Å²) in [5.41, 5.74) is 0. The summed E-state index contributed by atoms with van der Waals surface area (Å²) >= 11 is 0. The van der Waals surface area contributed by atoms with Crippen LogP contribution in [0.4, 0.5) is 0 Å². The van der Waals surface area contributed by atoms with Crippen molar-refractivity contribution < 1.29 is 46.5 Å². The minimum absolute atomic E-state index is 0. The van der Waals surface area contributed by atoms with Gasteiger partial charge in [0.05, 0.1) is 13.2 Å². The van der Waals surface area contributed by atoms with Crippen LogP contribution in [0.2, 0.25) is 0 Å². The number of carbonyl (C=O) groups excluding carboxylic acids is 4. The van der Waals surface area contributed by atoms with Crippen LogP contribution in [-0.4, -0.2) is 97.6 Å². The first-order valence-corrected chi connectivity index (χ1v) is 5.76. The Labute approximate surface area is 134 Å². The molecule has 0 aliphatic heterocycles. The number of aliphatic hydroxyl groups is 2. The van der Waals surface area contributed by atoms with Crippen LogP contribution in [0.15, 0.2) is 0 Å². The smallest absolute Gasteiger partial charge is 0.0556 e. The van der Waals surface area contributed by atoms with Crippen molar-refractivity contribution in [3.05, 3.63) is 0 Å². The van der Waals surface area contributed by atoms with E-state index in [-0.39, 0.29) is 56.5 Å². The van der Waals surface area contributed by atoms with Crippen molar-refractivity contribution in [3.63, 3.8) is 0 Å². The zero-order valence-corrected chi connectivity index (χ0v) is 12.3. The van der Waals surface area contributed by atoms with Gasteiger partial charge in [-0.1, -0.05) is 0 Å².